The third-order valence-corrected chi connectivity index (χ3v) is 3.44. The molecule has 0 fully saturated rings. The second-order valence-electron chi connectivity index (χ2n) is 7.67. The van der Waals surface area contributed by atoms with Crippen LogP contribution in [0.5, 0.6) is 0 Å². The predicted octanol–water partition coefficient (Wildman–Crippen LogP) is 3.98. The molecular weight excluding hydrogens is 276 g/mol. The van der Waals surface area contributed by atoms with Crippen molar-refractivity contribution in [2.45, 2.75) is 52.6 Å². The van der Waals surface area contributed by atoms with Crippen LogP contribution in [0.4, 0.5) is 4.79 Å². The molecule has 1 aromatic rings. The molecule has 0 saturated heterocycles. The van der Waals surface area contributed by atoms with Crippen LogP contribution in [-0.2, 0) is 10.2 Å². The number of carbonyl (C=O) groups excluding carboxylic acids is 1. The third-order valence-electron chi connectivity index (χ3n) is 3.44. The predicted molar refractivity (Wildman–Crippen MR) is 89.5 cm³/mol. The maximum Gasteiger partial charge on any atom is 0.416 e. The molecule has 1 aliphatic heterocycles. The fourth-order valence-electron chi connectivity index (χ4n) is 2.31. The maximum absolute atomic E-state index is 12.3. The van der Waals surface area contributed by atoms with Gasteiger partial charge in [0.05, 0.1) is 13.1 Å². The minimum Gasteiger partial charge on any atom is -0.443 e. The summed E-state index contributed by atoms with van der Waals surface area (Å²) in [4.78, 5) is 18.5. The number of amides is 1. The lowest BCUT2D eigenvalue weighted by Gasteiger charge is -2.26. The van der Waals surface area contributed by atoms with Gasteiger partial charge in [0.1, 0.15) is 11.4 Å². The molecule has 1 aromatic carbocycles. The Balaban J connectivity index is 2.26. The van der Waals surface area contributed by atoms with E-state index in [4.69, 9.17) is 4.74 Å². The first-order chi connectivity index (χ1) is 10.1. The van der Waals surface area contributed by atoms with Crippen molar-refractivity contribution in [3.05, 3.63) is 35.4 Å². The van der Waals surface area contributed by atoms with Crippen LogP contribution < -0.4 is 0 Å². The lowest BCUT2D eigenvalue weighted by atomic mass is 9.86. The summed E-state index contributed by atoms with van der Waals surface area (Å²) in [6, 6.07) is 8.24. The van der Waals surface area contributed by atoms with Crippen molar-refractivity contribution < 1.29 is 9.53 Å². The van der Waals surface area contributed by atoms with E-state index in [9.17, 15) is 4.79 Å². The molecule has 0 aromatic heterocycles. The van der Waals surface area contributed by atoms with Gasteiger partial charge < -0.3 is 4.74 Å². The standard InChI is InChI=1S/C18H26N2O2/c1-17(2,3)14-9-7-8-13(12-14)15-19-10-11-20(15)16(21)22-18(4,5)6/h7-9,12H,10-11H2,1-6H3. The third kappa shape index (κ3) is 3.87. The Bertz CT molecular complexity index is 592. The van der Waals surface area contributed by atoms with E-state index < -0.39 is 5.60 Å². The van der Waals surface area contributed by atoms with Gasteiger partial charge in [-0.15, -0.1) is 0 Å². The average Bonchev–Trinajstić information content (AvgIpc) is 2.85. The largest absolute Gasteiger partial charge is 0.443 e. The van der Waals surface area contributed by atoms with Crippen LogP contribution in [0.3, 0.4) is 0 Å². The Kier molecular flexibility index (Phi) is 4.32. The highest BCUT2D eigenvalue weighted by Gasteiger charge is 2.29. The quantitative estimate of drug-likeness (QED) is 0.787. The number of benzene rings is 1. The minimum atomic E-state index is -0.502. The molecule has 1 amide bonds. The Hall–Kier alpha value is -1.84. The van der Waals surface area contributed by atoms with E-state index in [-0.39, 0.29) is 11.5 Å². The van der Waals surface area contributed by atoms with Gasteiger partial charge in [-0.1, -0.05) is 39.0 Å². The Morgan fingerprint density at radius 3 is 2.45 bits per heavy atom. The van der Waals surface area contributed by atoms with Crippen molar-refractivity contribution in [1.29, 1.82) is 0 Å². The van der Waals surface area contributed by atoms with Crippen molar-refractivity contribution in [1.82, 2.24) is 4.90 Å². The van der Waals surface area contributed by atoms with Crippen LogP contribution in [0.25, 0.3) is 0 Å². The number of hydrogen-bond acceptors (Lipinski definition) is 3. The van der Waals surface area contributed by atoms with E-state index in [1.807, 2.05) is 32.9 Å². The number of hydrogen-bond donors (Lipinski definition) is 0. The van der Waals surface area contributed by atoms with Gasteiger partial charge in [0.2, 0.25) is 0 Å². The van der Waals surface area contributed by atoms with Gasteiger partial charge in [0.25, 0.3) is 0 Å². The molecule has 1 aliphatic rings. The van der Waals surface area contributed by atoms with E-state index in [0.29, 0.717) is 18.9 Å². The van der Waals surface area contributed by atoms with E-state index in [0.717, 1.165) is 5.56 Å². The smallest absolute Gasteiger partial charge is 0.416 e. The van der Waals surface area contributed by atoms with Gasteiger partial charge in [-0.2, -0.15) is 0 Å². The molecule has 4 heteroatoms. The van der Waals surface area contributed by atoms with Gasteiger partial charge in [-0.25, -0.2) is 4.79 Å². The summed E-state index contributed by atoms with van der Waals surface area (Å²) < 4.78 is 5.48. The van der Waals surface area contributed by atoms with Crippen LogP contribution in [0.15, 0.2) is 29.3 Å². The zero-order valence-electron chi connectivity index (χ0n) is 14.4. The molecule has 0 saturated carbocycles. The first-order valence-corrected chi connectivity index (χ1v) is 7.74. The van der Waals surface area contributed by atoms with Crippen LogP contribution in [0.1, 0.15) is 52.7 Å². The first kappa shape index (κ1) is 16.5. The molecule has 4 nitrogen and oxygen atoms in total. The van der Waals surface area contributed by atoms with Crippen LogP contribution in [0, 0.1) is 0 Å². The van der Waals surface area contributed by atoms with Gasteiger partial charge in [-0.3, -0.25) is 9.89 Å². The van der Waals surface area contributed by atoms with Gasteiger partial charge in [-0.05, 0) is 37.8 Å². The van der Waals surface area contributed by atoms with E-state index in [1.54, 1.807) is 4.90 Å². The highest BCUT2D eigenvalue weighted by Crippen LogP contribution is 2.24. The van der Waals surface area contributed by atoms with Crippen molar-refractivity contribution in [2.75, 3.05) is 13.1 Å². The fraction of sp³-hybridized carbons (Fsp3) is 0.556. The van der Waals surface area contributed by atoms with E-state index in [1.165, 1.54) is 5.56 Å². The van der Waals surface area contributed by atoms with E-state index in [2.05, 4.69) is 37.9 Å². The summed E-state index contributed by atoms with van der Waals surface area (Å²) in [6.45, 7) is 13.3. The van der Waals surface area contributed by atoms with Crippen molar-refractivity contribution >= 4 is 11.9 Å². The van der Waals surface area contributed by atoms with Crippen LogP contribution >= 0.6 is 0 Å². The SMILES string of the molecule is CC(C)(C)OC(=O)N1CCN=C1c1cccc(C(C)(C)C)c1. The summed E-state index contributed by atoms with van der Waals surface area (Å²) in [6.07, 6.45) is -0.329. The zero-order valence-corrected chi connectivity index (χ0v) is 14.4. The molecule has 22 heavy (non-hydrogen) atoms. The number of ether oxygens (including phenoxy) is 1. The topological polar surface area (TPSA) is 41.9 Å². The summed E-state index contributed by atoms with van der Waals surface area (Å²) in [5, 5.41) is 0. The van der Waals surface area contributed by atoms with Crippen LogP contribution in [0.2, 0.25) is 0 Å². The number of carbonyl (C=O) groups is 1. The molecule has 2 rings (SSSR count). The average molecular weight is 302 g/mol. The molecule has 0 aliphatic carbocycles. The molecular formula is C18H26N2O2. The Morgan fingerprint density at radius 2 is 1.86 bits per heavy atom. The number of amidine groups is 1. The number of nitrogens with zero attached hydrogens (tertiary/aromatic N) is 2. The van der Waals surface area contributed by atoms with Gasteiger partial charge >= 0.3 is 6.09 Å². The second-order valence-corrected chi connectivity index (χ2v) is 7.67. The maximum atomic E-state index is 12.3. The molecule has 1 heterocycles. The Labute approximate surface area is 133 Å². The van der Waals surface area contributed by atoms with Gasteiger partial charge in [0.15, 0.2) is 0 Å². The highest BCUT2D eigenvalue weighted by molar-refractivity contribution is 6.07. The zero-order chi connectivity index (χ0) is 16.5. The summed E-state index contributed by atoms with van der Waals surface area (Å²) in [7, 11) is 0. The minimum absolute atomic E-state index is 0.0614. The van der Waals surface area contributed by atoms with Gasteiger partial charge in [0, 0.05) is 5.56 Å². The van der Waals surface area contributed by atoms with Crippen molar-refractivity contribution in [3.8, 4) is 0 Å². The lowest BCUT2D eigenvalue weighted by molar-refractivity contribution is 0.0385. The first-order valence-electron chi connectivity index (χ1n) is 7.74. The highest BCUT2D eigenvalue weighted by atomic mass is 16.6. The molecule has 0 spiro atoms. The lowest BCUT2D eigenvalue weighted by Crippen LogP contribution is -2.39. The molecule has 0 unspecified atom stereocenters. The molecule has 0 atom stereocenters. The number of aliphatic imine (C=N–C) groups is 1. The summed E-state index contributed by atoms with van der Waals surface area (Å²) >= 11 is 0. The fourth-order valence-corrected chi connectivity index (χ4v) is 2.31. The molecule has 0 N–H and O–H groups in total. The molecule has 120 valence electrons. The Morgan fingerprint density at radius 1 is 1.18 bits per heavy atom. The molecule has 0 radical (unpaired) electrons. The number of rotatable bonds is 1. The van der Waals surface area contributed by atoms with E-state index >= 15 is 0 Å². The summed E-state index contributed by atoms with van der Waals surface area (Å²) in [5.41, 5.74) is 1.75. The monoisotopic (exact) mass is 302 g/mol. The normalized spacial score (nSPS) is 15.7. The molecule has 0 bridgehead atoms. The van der Waals surface area contributed by atoms with Crippen molar-refractivity contribution in [3.63, 3.8) is 0 Å². The summed E-state index contributed by atoms with van der Waals surface area (Å²) in [5.74, 6) is 0.709. The van der Waals surface area contributed by atoms with Crippen LogP contribution in [-0.4, -0.2) is 35.5 Å². The second kappa shape index (κ2) is 5.75. The van der Waals surface area contributed by atoms with Crippen molar-refractivity contribution in [2.24, 2.45) is 4.99 Å².